The summed E-state index contributed by atoms with van der Waals surface area (Å²) in [5.41, 5.74) is 0.753. The van der Waals surface area contributed by atoms with E-state index < -0.39 is 0 Å². The van der Waals surface area contributed by atoms with E-state index in [1.54, 1.807) is 12.0 Å². The van der Waals surface area contributed by atoms with E-state index in [-0.39, 0.29) is 53.4 Å². The van der Waals surface area contributed by atoms with Crippen molar-refractivity contribution >= 4 is 23.4 Å². The Hall–Kier alpha value is -2.63. The number of carbonyl (C=O) groups is 3. The van der Waals surface area contributed by atoms with Gasteiger partial charge in [-0.3, -0.25) is 19.3 Å². The number of allylic oxidation sites excluding steroid dienone is 2. The molecule has 0 spiro atoms. The second kappa shape index (κ2) is 6.94. The average Bonchev–Trinajstić information content (AvgIpc) is 3.58. The quantitative estimate of drug-likeness (QED) is 0.599. The van der Waals surface area contributed by atoms with Gasteiger partial charge in [0.15, 0.2) is 0 Å². The number of rotatable bonds is 4. The number of carbonyl (C=O) groups excluding carboxylic acids is 3. The number of hydrogen-bond donors (Lipinski definition) is 1. The molecule has 1 aromatic rings. The second-order valence-electron chi connectivity index (χ2n) is 9.92. The largest absolute Gasteiger partial charge is 0.497 e. The summed E-state index contributed by atoms with van der Waals surface area (Å²) in [4.78, 5) is 40.9. The SMILES string of the molecule is COc1ccc(NC(=O)C2CCC(N3C(=O)[C@@H]4[C@H]5C=C[C@H]([C@H]6C[C@H]56)[C@@H]4C3=O)CC2)cc1. The highest BCUT2D eigenvalue weighted by atomic mass is 16.5. The van der Waals surface area contributed by atoms with E-state index in [0.29, 0.717) is 37.5 Å². The van der Waals surface area contributed by atoms with Crippen molar-refractivity contribution in [3.8, 4) is 5.75 Å². The van der Waals surface area contributed by atoms with Gasteiger partial charge in [-0.2, -0.15) is 0 Å². The van der Waals surface area contributed by atoms with E-state index in [1.807, 2.05) is 24.3 Å². The molecule has 1 saturated heterocycles. The molecule has 3 amide bonds. The number of nitrogens with one attached hydrogen (secondary N) is 1. The third-order valence-electron chi connectivity index (χ3n) is 8.49. The number of nitrogens with zero attached hydrogens (tertiary/aromatic N) is 1. The highest BCUT2D eigenvalue weighted by Gasteiger charge is 2.67. The summed E-state index contributed by atoms with van der Waals surface area (Å²) in [5, 5.41) is 2.98. The van der Waals surface area contributed by atoms with Crippen molar-refractivity contribution in [2.45, 2.75) is 38.1 Å². The second-order valence-corrected chi connectivity index (χ2v) is 9.92. The van der Waals surface area contributed by atoms with E-state index in [9.17, 15) is 14.4 Å². The third kappa shape index (κ3) is 2.87. The van der Waals surface area contributed by atoms with Gasteiger partial charge in [0, 0.05) is 17.6 Å². The van der Waals surface area contributed by atoms with Gasteiger partial charge in [0.2, 0.25) is 17.7 Å². The highest BCUT2D eigenvalue weighted by molar-refractivity contribution is 6.06. The van der Waals surface area contributed by atoms with Gasteiger partial charge in [0.05, 0.1) is 18.9 Å². The molecule has 6 atom stereocenters. The molecule has 2 bridgehead atoms. The van der Waals surface area contributed by atoms with Crippen LogP contribution in [-0.4, -0.2) is 35.8 Å². The summed E-state index contributed by atoms with van der Waals surface area (Å²) < 4.78 is 5.15. The first-order chi connectivity index (χ1) is 15.1. The van der Waals surface area contributed by atoms with Crippen LogP contribution < -0.4 is 10.1 Å². The zero-order valence-electron chi connectivity index (χ0n) is 17.7. The van der Waals surface area contributed by atoms with E-state index in [1.165, 1.54) is 6.42 Å². The molecule has 1 heterocycles. The summed E-state index contributed by atoms with van der Waals surface area (Å²) in [7, 11) is 1.61. The Bertz CT molecular complexity index is 926. The Morgan fingerprint density at radius 3 is 2.06 bits per heavy atom. The number of methoxy groups -OCH3 is 1. The Morgan fingerprint density at radius 2 is 1.52 bits per heavy atom. The first-order valence-corrected chi connectivity index (χ1v) is 11.6. The number of amides is 3. The van der Waals surface area contributed by atoms with Crippen LogP contribution in [0.1, 0.15) is 32.1 Å². The lowest BCUT2D eigenvalue weighted by Crippen LogP contribution is -2.44. The van der Waals surface area contributed by atoms with E-state index in [2.05, 4.69) is 17.5 Å². The topological polar surface area (TPSA) is 75.7 Å². The molecule has 0 radical (unpaired) electrons. The van der Waals surface area contributed by atoms with Crippen LogP contribution in [0.3, 0.4) is 0 Å². The summed E-state index contributed by atoms with van der Waals surface area (Å²) >= 11 is 0. The molecule has 6 heteroatoms. The smallest absolute Gasteiger partial charge is 0.233 e. The maximum absolute atomic E-state index is 13.3. The first kappa shape index (κ1) is 19.1. The van der Waals surface area contributed by atoms with Gasteiger partial charge in [0.25, 0.3) is 0 Å². The summed E-state index contributed by atoms with van der Waals surface area (Å²) in [6.45, 7) is 0. The maximum atomic E-state index is 13.3. The van der Waals surface area contributed by atoms with Gasteiger partial charge in [0.1, 0.15) is 5.75 Å². The minimum Gasteiger partial charge on any atom is -0.497 e. The van der Waals surface area contributed by atoms with Gasteiger partial charge >= 0.3 is 0 Å². The number of benzene rings is 1. The molecule has 0 unspecified atom stereocenters. The number of hydrogen-bond acceptors (Lipinski definition) is 4. The van der Waals surface area contributed by atoms with Crippen molar-refractivity contribution in [2.24, 2.45) is 41.4 Å². The Labute approximate surface area is 182 Å². The average molecular weight is 421 g/mol. The predicted octanol–water partition coefficient (Wildman–Crippen LogP) is 3.25. The van der Waals surface area contributed by atoms with Crippen LogP contribution in [0.25, 0.3) is 0 Å². The van der Waals surface area contributed by atoms with Gasteiger partial charge in [-0.05, 0) is 80.0 Å². The Balaban J connectivity index is 1.09. The fraction of sp³-hybridized carbons (Fsp3) is 0.560. The molecule has 5 aliphatic carbocycles. The van der Waals surface area contributed by atoms with E-state index in [4.69, 9.17) is 4.74 Å². The van der Waals surface area contributed by atoms with Crippen LogP contribution in [0.15, 0.2) is 36.4 Å². The number of ether oxygens (including phenoxy) is 1. The number of likely N-dealkylation sites (tertiary alicyclic amines) is 1. The van der Waals surface area contributed by atoms with Crippen LogP contribution in [-0.2, 0) is 14.4 Å². The molecule has 31 heavy (non-hydrogen) atoms. The zero-order chi connectivity index (χ0) is 21.3. The molecule has 7 rings (SSSR count). The predicted molar refractivity (Wildman–Crippen MR) is 114 cm³/mol. The van der Waals surface area contributed by atoms with Gasteiger partial charge in [-0.15, -0.1) is 0 Å². The van der Waals surface area contributed by atoms with Crippen LogP contribution in [0.5, 0.6) is 5.75 Å². The first-order valence-electron chi connectivity index (χ1n) is 11.6. The van der Waals surface area contributed by atoms with Crippen LogP contribution >= 0.6 is 0 Å². The molecule has 0 aromatic heterocycles. The van der Waals surface area contributed by atoms with Crippen molar-refractivity contribution in [2.75, 3.05) is 12.4 Å². The number of imide groups is 1. The van der Waals surface area contributed by atoms with Crippen molar-refractivity contribution < 1.29 is 19.1 Å². The molecule has 1 aromatic carbocycles. The van der Waals surface area contributed by atoms with Crippen molar-refractivity contribution in [3.05, 3.63) is 36.4 Å². The van der Waals surface area contributed by atoms with Gasteiger partial charge < -0.3 is 10.1 Å². The standard InChI is InChI=1S/C25H28N2O4/c1-31-16-8-4-14(5-9-16)26-23(28)13-2-6-15(7-3-13)27-24(29)21-17-10-11-18(20-12-19(17)20)22(21)25(27)30/h4-5,8-11,13,15,17-22H,2-3,6-7,12H2,1H3,(H,26,28)/t13?,15?,17-,18+,19-,20-,21+,22-/m1/s1. The third-order valence-corrected chi connectivity index (χ3v) is 8.49. The van der Waals surface area contributed by atoms with Gasteiger partial charge in [-0.25, -0.2) is 0 Å². The highest BCUT2D eigenvalue weighted by Crippen LogP contribution is 2.65. The fourth-order valence-electron chi connectivity index (χ4n) is 6.85. The van der Waals surface area contributed by atoms with Gasteiger partial charge in [-0.1, -0.05) is 12.2 Å². The zero-order valence-corrected chi connectivity index (χ0v) is 17.7. The lowest BCUT2D eigenvalue weighted by Gasteiger charge is -2.37. The minimum atomic E-state index is -0.123. The van der Waals surface area contributed by atoms with Crippen LogP contribution in [0, 0.1) is 41.4 Å². The molecule has 162 valence electrons. The number of anilines is 1. The van der Waals surface area contributed by atoms with Crippen molar-refractivity contribution in [3.63, 3.8) is 0 Å². The van der Waals surface area contributed by atoms with Crippen LogP contribution in [0.2, 0.25) is 0 Å². The molecule has 6 nitrogen and oxygen atoms in total. The molecule has 3 saturated carbocycles. The van der Waals surface area contributed by atoms with E-state index in [0.717, 1.165) is 11.4 Å². The minimum absolute atomic E-state index is 0.0127. The summed E-state index contributed by atoms with van der Waals surface area (Å²) in [6.07, 6.45) is 8.46. The monoisotopic (exact) mass is 420 g/mol. The van der Waals surface area contributed by atoms with Crippen LogP contribution in [0.4, 0.5) is 5.69 Å². The Morgan fingerprint density at radius 1 is 0.935 bits per heavy atom. The molecular formula is C25H28N2O4. The molecule has 6 aliphatic rings. The van der Waals surface area contributed by atoms with E-state index >= 15 is 0 Å². The molecule has 1 aliphatic heterocycles. The van der Waals surface area contributed by atoms with Crippen molar-refractivity contribution in [1.29, 1.82) is 0 Å². The van der Waals surface area contributed by atoms with Crippen molar-refractivity contribution in [1.82, 2.24) is 4.90 Å². The summed E-state index contributed by atoms with van der Waals surface area (Å²) in [6, 6.07) is 7.26. The molecule has 1 N–H and O–H groups in total. The Kier molecular flexibility index (Phi) is 4.27. The summed E-state index contributed by atoms with van der Waals surface area (Å²) in [5.74, 6) is 2.36. The molecular weight excluding hydrogens is 392 g/mol. The lowest BCUT2D eigenvalue weighted by molar-refractivity contribution is -0.144. The lowest BCUT2D eigenvalue weighted by atomic mass is 9.63. The normalized spacial score (nSPS) is 39.8. The fourth-order valence-corrected chi connectivity index (χ4v) is 6.85. The molecule has 4 fully saturated rings. The maximum Gasteiger partial charge on any atom is 0.233 e.